The number of carbonyl (C=O) groups excluding carboxylic acids is 1. The molecule has 0 fully saturated rings. The van der Waals surface area contributed by atoms with Crippen molar-refractivity contribution in [3.8, 4) is 0 Å². The number of aromatic nitrogens is 2. The number of hydrogen-bond donors (Lipinski definition) is 1. The maximum Gasteiger partial charge on any atom is 0.406 e. The van der Waals surface area contributed by atoms with Crippen LogP contribution in [0.2, 0.25) is 0 Å². The molecule has 1 N–H and O–H groups in total. The Morgan fingerprint density at radius 3 is 2.43 bits per heavy atom. The zero-order chi connectivity index (χ0) is 16.2. The van der Waals surface area contributed by atoms with E-state index in [-0.39, 0.29) is 16.2 Å². The Kier molecular flexibility index (Phi) is 5.23. The third-order valence-corrected chi connectivity index (χ3v) is 2.54. The fourth-order valence-electron chi connectivity index (χ4n) is 1.71. The summed E-state index contributed by atoms with van der Waals surface area (Å²) in [5.74, 6) is -2.55. The first-order chi connectivity index (χ1) is 9.64. The van der Waals surface area contributed by atoms with Crippen molar-refractivity contribution in [3.05, 3.63) is 23.0 Å². The van der Waals surface area contributed by atoms with Crippen LogP contribution in [-0.2, 0) is 11.2 Å². The molecule has 0 aliphatic heterocycles. The number of carboxylic acids is 1. The van der Waals surface area contributed by atoms with Gasteiger partial charge in [-0.25, -0.2) is 0 Å². The van der Waals surface area contributed by atoms with E-state index in [0.29, 0.717) is 12.1 Å². The van der Waals surface area contributed by atoms with E-state index in [1.807, 2.05) is 0 Å². The van der Waals surface area contributed by atoms with Crippen LogP contribution in [0.3, 0.4) is 0 Å². The molecule has 0 aliphatic rings. The maximum atomic E-state index is 12.5. The fourth-order valence-corrected chi connectivity index (χ4v) is 1.71. The predicted octanol–water partition coefficient (Wildman–Crippen LogP) is 1.44. The summed E-state index contributed by atoms with van der Waals surface area (Å²) in [5.41, 5.74) is 0.525. The second kappa shape index (κ2) is 6.51. The summed E-state index contributed by atoms with van der Waals surface area (Å²) in [6.45, 7) is 0.529. The van der Waals surface area contributed by atoms with Gasteiger partial charge in [-0.3, -0.25) is 9.59 Å². The fraction of sp³-hybridized carbons (Fsp3) is 0.500. The van der Waals surface area contributed by atoms with Crippen molar-refractivity contribution >= 4 is 11.9 Å². The van der Waals surface area contributed by atoms with Gasteiger partial charge >= 0.3 is 12.1 Å². The standard InChI is InChI=1S/C12H14F3N3O3/c1-3-9-8(4-7(2)16-17-9)11(21)18(5-10(19)20)6-12(13,14)15/h4H,3,5-6H2,1-2H3,(H,19,20). The minimum atomic E-state index is -4.69. The number of carbonyl (C=O) groups is 2. The Morgan fingerprint density at radius 1 is 1.33 bits per heavy atom. The molecule has 1 rings (SSSR count). The van der Waals surface area contributed by atoms with Crippen molar-refractivity contribution in [1.29, 1.82) is 0 Å². The van der Waals surface area contributed by atoms with Crippen molar-refractivity contribution in [3.63, 3.8) is 0 Å². The molecule has 0 saturated carbocycles. The second-order valence-corrected chi connectivity index (χ2v) is 4.37. The molecule has 116 valence electrons. The highest BCUT2D eigenvalue weighted by atomic mass is 19.4. The van der Waals surface area contributed by atoms with E-state index in [1.165, 1.54) is 13.0 Å². The lowest BCUT2D eigenvalue weighted by Gasteiger charge is -2.22. The number of halogens is 3. The zero-order valence-corrected chi connectivity index (χ0v) is 11.4. The van der Waals surface area contributed by atoms with E-state index in [9.17, 15) is 22.8 Å². The molecule has 0 unspecified atom stereocenters. The van der Waals surface area contributed by atoms with Crippen molar-refractivity contribution in [2.45, 2.75) is 26.4 Å². The van der Waals surface area contributed by atoms with Crippen LogP contribution >= 0.6 is 0 Å². The Labute approximate surface area is 118 Å². The van der Waals surface area contributed by atoms with Crippen LogP contribution in [0.25, 0.3) is 0 Å². The highest BCUT2D eigenvalue weighted by molar-refractivity contribution is 5.96. The summed E-state index contributed by atoms with van der Waals surface area (Å²) >= 11 is 0. The molecule has 0 bridgehead atoms. The molecule has 0 atom stereocenters. The number of nitrogens with zero attached hydrogens (tertiary/aromatic N) is 3. The summed E-state index contributed by atoms with van der Waals surface area (Å²) in [5, 5.41) is 16.1. The largest absolute Gasteiger partial charge is 0.480 e. The highest BCUT2D eigenvalue weighted by Crippen LogP contribution is 2.19. The molecule has 6 nitrogen and oxygen atoms in total. The van der Waals surface area contributed by atoms with E-state index < -0.39 is 31.1 Å². The highest BCUT2D eigenvalue weighted by Gasteiger charge is 2.35. The van der Waals surface area contributed by atoms with Crippen LogP contribution < -0.4 is 0 Å². The van der Waals surface area contributed by atoms with Gasteiger partial charge in [-0.2, -0.15) is 23.4 Å². The van der Waals surface area contributed by atoms with Gasteiger partial charge in [0.2, 0.25) is 0 Å². The topological polar surface area (TPSA) is 83.4 Å². The lowest BCUT2D eigenvalue weighted by molar-refractivity contribution is -0.149. The molecular formula is C12H14F3N3O3. The normalized spacial score (nSPS) is 11.3. The molecule has 1 amide bonds. The average molecular weight is 305 g/mol. The molecule has 1 heterocycles. The average Bonchev–Trinajstić information content (AvgIpc) is 2.34. The molecule has 1 aromatic rings. The van der Waals surface area contributed by atoms with Gasteiger partial charge in [0, 0.05) is 0 Å². The minimum absolute atomic E-state index is 0.0597. The Hall–Kier alpha value is -2.19. The molecule has 0 aliphatic carbocycles. The zero-order valence-electron chi connectivity index (χ0n) is 11.4. The second-order valence-electron chi connectivity index (χ2n) is 4.37. The molecule has 1 aromatic heterocycles. The van der Waals surface area contributed by atoms with Crippen LogP contribution in [0.5, 0.6) is 0 Å². The van der Waals surface area contributed by atoms with Crippen molar-refractivity contribution < 1.29 is 27.9 Å². The van der Waals surface area contributed by atoms with E-state index in [4.69, 9.17) is 5.11 Å². The monoisotopic (exact) mass is 305 g/mol. The SMILES string of the molecule is CCc1nnc(C)cc1C(=O)N(CC(=O)O)CC(F)(F)F. The predicted molar refractivity (Wildman–Crippen MR) is 65.7 cm³/mol. The quantitative estimate of drug-likeness (QED) is 0.890. The van der Waals surface area contributed by atoms with Crippen molar-refractivity contribution in [2.75, 3.05) is 13.1 Å². The summed E-state index contributed by atoms with van der Waals surface area (Å²) in [6.07, 6.45) is -4.39. The Bertz CT molecular complexity index is 546. The number of alkyl halides is 3. The first-order valence-electron chi connectivity index (χ1n) is 6.05. The number of hydrogen-bond acceptors (Lipinski definition) is 4. The smallest absolute Gasteiger partial charge is 0.406 e. The summed E-state index contributed by atoms with van der Waals surface area (Å²) in [6, 6.07) is 1.30. The van der Waals surface area contributed by atoms with E-state index in [1.54, 1.807) is 6.92 Å². The third-order valence-electron chi connectivity index (χ3n) is 2.54. The molecule has 0 saturated heterocycles. The molecule has 21 heavy (non-hydrogen) atoms. The van der Waals surface area contributed by atoms with Gasteiger partial charge in [-0.1, -0.05) is 6.92 Å². The number of aryl methyl sites for hydroxylation is 2. The third kappa shape index (κ3) is 5.01. The number of amides is 1. The Balaban J connectivity index is 3.15. The van der Waals surface area contributed by atoms with Gasteiger partial charge in [0.05, 0.1) is 17.0 Å². The summed E-state index contributed by atoms with van der Waals surface area (Å²) < 4.78 is 37.4. The minimum Gasteiger partial charge on any atom is -0.480 e. The van der Waals surface area contributed by atoms with Crippen LogP contribution in [0.1, 0.15) is 28.7 Å². The number of carboxylic acid groups (broad SMARTS) is 1. The first-order valence-corrected chi connectivity index (χ1v) is 6.05. The van der Waals surface area contributed by atoms with E-state index in [2.05, 4.69) is 10.2 Å². The molecule has 0 spiro atoms. The van der Waals surface area contributed by atoms with Gasteiger partial charge in [-0.15, -0.1) is 0 Å². The first kappa shape index (κ1) is 16.9. The van der Waals surface area contributed by atoms with Gasteiger partial charge in [-0.05, 0) is 19.4 Å². The van der Waals surface area contributed by atoms with Gasteiger partial charge in [0.1, 0.15) is 13.1 Å². The molecule has 0 aromatic carbocycles. The van der Waals surface area contributed by atoms with Gasteiger partial charge in [0.15, 0.2) is 0 Å². The van der Waals surface area contributed by atoms with Crippen molar-refractivity contribution in [1.82, 2.24) is 15.1 Å². The number of aliphatic carboxylic acids is 1. The van der Waals surface area contributed by atoms with Crippen LogP contribution in [0.4, 0.5) is 13.2 Å². The molecular weight excluding hydrogens is 291 g/mol. The van der Waals surface area contributed by atoms with Crippen LogP contribution in [0.15, 0.2) is 6.07 Å². The van der Waals surface area contributed by atoms with E-state index in [0.717, 1.165) is 0 Å². The number of rotatable bonds is 5. The Morgan fingerprint density at radius 2 is 1.95 bits per heavy atom. The van der Waals surface area contributed by atoms with Crippen LogP contribution in [0, 0.1) is 6.92 Å². The van der Waals surface area contributed by atoms with Crippen LogP contribution in [-0.4, -0.2) is 51.3 Å². The maximum absolute atomic E-state index is 12.5. The van der Waals surface area contributed by atoms with E-state index >= 15 is 0 Å². The summed E-state index contributed by atoms with van der Waals surface area (Å²) in [7, 11) is 0. The lowest BCUT2D eigenvalue weighted by atomic mass is 10.1. The van der Waals surface area contributed by atoms with Crippen molar-refractivity contribution in [2.24, 2.45) is 0 Å². The molecule has 9 heteroatoms. The summed E-state index contributed by atoms with van der Waals surface area (Å²) in [4.78, 5) is 23.1. The van der Waals surface area contributed by atoms with Gasteiger partial charge in [0.25, 0.3) is 5.91 Å². The lowest BCUT2D eigenvalue weighted by Crippen LogP contribution is -2.42. The molecule has 0 radical (unpaired) electrons. The van der Waals surface area contributed by atoms with Gasteiger partial charge < -0.3 is 10.0 Å².